The molecule has 0 fully saturated rings. The van der Waals surface area contributed by atoms with E-state index in [1.165, 1.54) is 5.56 Å². The zero-order chi connectivity index (χ0) is 15.6. The zero-order valence-electron chi connectivity index (χ0n) is 12.9. The first-order chi connectivity index (χ1) is 9.90. The molecular weight excluding hydrogens is 286 g/mol. The number of nitrogens with one attached hydrogen (secondary N) is 1. The van der Waals surface area contributed by atoms with E-state index >= 15 is 0 Å². The topological polar surface area (TPSA) is 50.1 Å². The fraction of sp³-hybridized carbons (Fsp3) is 0.438. The molecule has 0 saturated heterocycles. The highest BCUT2D eigenvalue weighted by atomic mass is 35.5. The second-order valence-corrected chi connectivity index (χ2v) is 5.89. The Kier molecular flexibility index (Phi) is 5.04. The summed E-state index contributed by atoms with van der Waals surface area (Å²) in [5.41, 5.74) is 5.18. The first-order valence-electron chi connectivity index (χ1n) is 7.10. The summed E-state index contributed by atoms with van der Waals surface area (Å²) in [5.74, 6) is 0. The van der Waals surface area contributed by atoms with Gasteiger partial charge in [0, 0.05) is 18.7 Å². The molecule has 4 nitrogen and oxygen atoms in total. The molecule has 1 unspecified atom stereocenters. The molecule has 2 rings (SSSR count). The lowest BCUT2D eigenvalue weighted by Crippen LogP contribution is -2.24. The van der Waals surface area contributed by atoms with Crippen LogP contribution in [0.1, 0.15) is 29.3 Å². The van der Waals surface area contributed by atoms with Crippen molar-refractivity contribution in [3.05, 3.63) is 45.7 Å². The van der Waals surface area contributed by atoms with Gasteiger partial charge in [-0.2, -0.15) is 5.10 Å². The maximum Gasteiger partial charge on any atom is 0.137 e. The summed E-state index contributed by atoms with van der Waals surface area (Å²) in [4.78, 5) is 0. The van der Waals surface area contributed by atoms with Crippen LogP contribution in [0.3, 0.4) is 0 Å². The number of hydrogen-bond donors (Lipinski definition) is 2. The largest absolute Gasteiger partial charge is 0.392 e. The Morgan fingerprint density at radius 1 is 1.33 bits per heavy atom. The van der Waals surface area contributed by atoms with Gasteiger partial charge in [-0.25, -0.2) is 4.68 Å². The zero-order valence-corrected chi connectivity index (χ0v) is 13.7. The highest BCUT2D eigenvalue weighted by Crippen LogP contribution is 2.25. The van der Waals surface area contributed by atoms with Gasteiger partial charge in [0.2, 0.25) is 0 Å². The number of rotatable bonds is 5. The summed E-state index contributed by atoms with van der Waals surface area (Å²) in [6, 6.07) is 6.23. The maximum atomic E-state index is 9.30. The molecule has 1 atom stereocenters. The van der Waals surface area contributed by atoms with Crippen LogP contribution in [0.5, 0.6) is 0 Å². The number of aryl methyl sites for hydroxylation is 3. The molecule has 2 N–H and O–H groups in total. The second kappa shape index (κ2) is 6.60. The standard InChI is InChI=1S/C16H22ClN3O/c1-10-5-6-11(2)15(7-10)20-16(17)14(13(4)19-20)9-18-8-12(3)21/h5-7,12,18,21H,8-9H2,1-4H3. The van der Waals surface area contributed by atoms with Gasteiger partial charge in [0.05, 0.1) is 17.5 Å². The number of aromatic nitrogens is 2. The lowest BCUT2D eigenvalue weighted by molar-refractivity contribution is 0.191. The highest BCUT2D eigenvalue weighted by Gasteiger charge is 2.15. The Morgan fingerprint density at radius 3 is 2.71 bits per heavy atom. The molecule has 0 aliphatic heterocycles. The summed E-state index contributed by atoms with van der Waals surface area (Å²) in [5, 5.41) is 17.7. The van der Waals surface area contributed by atoms with Crippen LogP contribution in [0.25, 0.3) is 5.69 Å². The van der Waals surface area contributed by atoms with Crippen molar-refractivity contribution in [2.24, 2.45) is 0 Å². The average Bonchev–Trinajstić information content (AvgIpc) is 2.69. The molecule has 1 aromatic heterocycles. The molecule has 2 aromatic rings. The molecule has 114 valence electrons. The van der Waals surface area contributed by atoms with Gasteiger partial charge in [-0.1, -0.05) is 23.7 Å². The van der Waals surface area contributed by atoms with E-state index < -0.39 is 0 Å². The van der Waals surface area contributed by atoms with E-state index in [0.29, 0.717) is 18.2 Å². The van der Waals surface area contributed by atoms with Gasteiger partial charge < -0.3 is 10.4 Å². The Balaban J connectivity index is 2.32. The lowest BCUT2D eigenvalue weighted by Gasteiger charge is -2.09. The number of benzene rings is 1. The molecule has 0 bridgehead atoms. The molecule has 0 spiro atoms. The van der Waals surface area contributed by atoms with Crippen molar-refractivity contribution in [1.29, 1.82) is 0 Å². The van der Waals surface area contributed by atoms with Crippen LogP contribution in [-0.4, -0.2) is 27.5 Å². The van der Waals surface area contributed by atoms with Crippen LogP contribution >= 0.6 is 11.6 Å². The number of nitrogens with zero attached hydrogens (tertiary/aromatic N) is 2. The normalized spacial score (nSPS) is 12.7. The average molecular weight is 308 g/mol. The number of aliphatic hydroxyl groups is 1. The van der Waals surface area contributed by atoms with Crippen molar-refractivity contribution >= 4 is 11.6 Å². The van der Waals surface area contributed by atoms with Gasteiger partial charge in [-0.05, 0) is 44.9 Å². The van der Waals surface area contributed by atoms with Crippen LogP contribution in [0.2, 0.25) is 5.15 Å². The Hall–Kier alpha value is -1.36. The van der Waals surface area contributed by atoms with Crippen molar-refractivity contribution in [2.45, 2.75) is 40.3 Å². The van der Waals surface area contributed by atoms with Crippen LogP contribution in [0.15, 0.2) is 18.2 Å². The van der Waals surface area contributed by atoms with Crippen LogP contribution < -0.4 is 5.32 Å². The van der Waals surface area contributed by atoms with E-state index in [1.807, 2.05) is 13.8 Å². The van der Waals surface area contributed by atoms with Crippen molar-refractivity contribution in [2.75, 3.05) is 6.54 Å². The molecule has 1 aromatic carbocycles. The lowest BCUT2D eigenvalue weighted by atomic mass is 10.1. The van der Waals surface area contributed by atoms with Crippen molar-refractivity contribution in [1.82, 2.24) is 15.1 Å². The van der Waals surface area contributed by atoms with Gasteiger partial charge in [0.15, 0.2) is 0 Å². The summed E-state index contributed by atoms with van der Waals surface area (Å²) in [7, 11) is 0. The minimum Gasteiger partial charge on any atom is -0.392 e. The van der Waals surface area contributed by atoms with E-state index in [1.54, 1.807) is 11.6 Å². The van der Waals surface area contributed by atoms with E-state index in [9.17, 15) is 5.11 Å². The third-order valence-corrected chi connectivity index (χ3v) is 3.84. The van der Waals surface area contributed by atoms with Crippen LogP contribution in [-0.2, 0) is 6.54 Å². The van der Waals surface area contributed by atoms with Gasteiger partial charge in [0.25, 0.3) is 0 Å². The maximum absolute atomic E-state index is 9.30. The molecule has 0 saturated carbocycles. The van der Waals surface area contributed by atoms with Gasteiger partial charge in [-0.3, -0.25) is 0 Å². The van der Waals surface area contributed by atoms with Gasteiger partial charge in [0.1, 0.15) is 5.15 Å². The molecule has 0 radical (unpaired) electrons. The molecular formula is C16H22ClN3O. The molecule has 0 aliphatic rings. The summed E-state index contributed by atoms with van der Waals surface area (Å²) in [6.45, 7) is 8.94. The van der Waals surface area contributed by atoms with Crippen LogP contribution in [0.4, 0.5) is 0 Å². The summed E-state index contributed by atoms with van der Waals surface area (Å²) in [6.07, 6.45) is -0.377. The number of hydrogen-bond acceptors (Lipinski definition) is 3. The first-order valence-corrected chi connectivity index (χ1v) is 7.48. The quantitative estimate of drug-likeness (QED) is 0.893. The highest BCUT2D eigenvalue weighted by molar-refractivity contribution is 6.30. The van der Waals surface area contributed by atoms with Crippen molar-refractivity contribution in [3.8, 4) is 5.69 Å². The number of aliphatic hydroxyl groups excluding tert-OH is 1. The third-order valence-electron chi connectivity index (χ3n) is 3.46. The number of halogens is 1. The minimum atomic E-state index is -0.377. The summed E-state index contributed by atoms with van der Waals surface area (Å²) >= 11 is 6.50. The van der Waals surface area contributed by atoms with Gasteiger partial charge >= 0.3 is 0 Å². The predicted octanol–water partition coefficient (Wildman–Crippen LogP) is 2.92. The third kappa shape index (κ3) is 3.64. The SMILES string of the molecule is Cc1ccc(C)c(-n2nc(C)c(CNCC(C)O)c2Cl)c1. The van der Waals surface area contributed by atoms with Crippen molar-refractivity contribution < 1.29 is 5.11 Å². The van der Waals surface area contributed by atoms with E-state index in [4.69, 9.17) is 11.6 Å². The second-order valence-electron chi connectivity index (χ2n) is 5.54. The summed E-state index contributed by atoms with van der Waals surface area (Å²) < 4.78 is 1.79. The Labute approximate surface area is 130 Å². The molecule has 0 amide bonds. The van der Waals surface area contributed by atoms with E-state index in [-0.39, 0.29) is 6.10 Å². The fourth-order valence-electron chi connectivity index (χ4n) is 2.25. The smallest absolute Gasteiger partial charge is 0.137 e. The molecule has 21 heavy (non-hydrogen) atoms. The van der Waals surface area contributed by atoms with Crippen molar-refractivity contribution in [3.63, 3.8) is 0 Å². The monoisotopic (exact) mass is 307 g/mol. The Bertz CT molecular complexity index is 635. The van der Waals surface area contributed by atoms with E-state index in [2.05, 4.69) is 35.5 Å². The van der Waals surface area contributed by atoms with Crippen LogP contribution in [0, 0.1) is 20.8 Å². The molecule has 5 heteroatoms. The first kappa shape index (κ1) is 16.0. The molecule has 0 aliphatic carbocycles. The predicted molar refractivity (Wildman–Crippen MR) is 86.2 cm³/mol. The minimum absolute atomic E-state index is 0.377. The van der Waals surface area contributed by atoms with Gasteiger partial charge in [-0.15, -0.1) is 0 Å². The van der Waals surface area contributed by atoms with E-state index in [0.717, 1.165) is 22.5 Å². The molecule has 1 heterocycles. The fourth-order valence-corrected chi connectivity index (χ4v) is 2.58. The Morgan fingerprint density at radius 2 is 2.05 bits per heavy atom.